The van der Waals surface area contributed by atoms with E-state index in [0.717, 1.165) is 5.52 Å². The van der Waals surface area contributed by atoms with Gasteiger partial charge in [0.1, 0.15) is 10.2 Å². The summed E-state index contributed by atoms with van der Waals surface area (Å²) in [6, 6.07) is 5.02. The minimum atomic E-state index is 0.0854. The van der Waals surface area contributed by atoms with Gasteiger partial charge >= 0.3 is 0 Å². The first-order chi connectivity index (χ1) is 9.51. The molecule has 4 nitrogen and oxygen atoms in total. The van der Waals surface area contributed by atoms with Crippen molar-refractivity contribution in [3.05, 3.63) is 38.7 Å². The third-order valence-electron chi connectivity index (χ3n) is 2.35. The first-order valence-electron chi connectivity index (χ1n) is 5.24. The fourth-order valence-electron chi connectivity index (χ4n) is 1.55. The van der Waals surface area contributed by atoms with Gasteiger partial charge in [-0.15, -0.1) is 0 Å². The lowest BCUT2D eigenvalue weighted by atomic mass is 10.3. The lowest BCUT2D eigenvalue weighted by Crippen LogP contribution is -1.86. The topological polar surface area (TPSA) is 54.5 Å². The standard InChI is InChI=1S/C11H4Cl4N4S/c12-4-1-6-7(2-5(4)13)17-11(16-6)20-9-3-8(14)18-10(15)19-9/h1-3H,(H,16,17). The number of H-pyrrole nitrogens is 1. The van der Waals surface area contributed by atoms with Gasteiger partial charge in [-0.1, -0.05) is 34.8 Å². The predicted octanol–water partition coefficient (Wildman–Crippen LogP) is 5.12. The Hall–Kier alpha value is -0.720. The van der Waals surface area contributed by atoms with Crippen LogP contribution >= 0.6 is 58.2 Å². The van der Waals surface area contributed by atoms with Crippen molar-refractivity contribution in [2.45, 2.75) is 10.2 Å². The van der Waals surface area contributed by atoms with E-state index in [1.165, 1.54) is 11.8 Å². The van der Waals surface area contributed by atoms with Crippen molar-refractivity contribution < 1.29 is 0 Å². The molecule has 0 unspecified atom stereocenters. The lowest BCUT2D eigenvalue weighted by molar-refractivity contribution is 1.02. The van der Waals surface area contributed by atoms with E-state index in [-0.39, 0.29) is 10.4 Å². The maximum atomic E-state index is 5.96. The van der Waals surface area contributed by atoms with Crippen LogP contribution in [0.25, 0.3) is 11.0 Å². The predicted molar refractivity (Wildman–Crippen MR) is 82.3 cm³/mol. The molecule has 102 valence electrons. The summed E-state index contributed by atoms with van der Waals surface area (Å²) in [6.45, 7) is 0. The second kappa shape index (κ2) is 5.58. The molecule has 2 aromatic heterocycles. The molecule has 0 aliphatic rings. The molecule has 0 aliphatic heterocycles. The number of halogens is 4. The average molecular weight is 366 g/mol. The summed E-state index contributed by atoms with van der Waals surface area (Å²) in [7, 11) is 0. The van der Waals surface area contributed by atoms with Crippen molar-refractivity contribution in [2.75, 3.05) is 0 Å². The molecule has 0 fully saturated rings. The number of rotatable bonds is 2. The highest BCUT2D eigenvalue weighted by atomic mass is 35.5. The summed E-state index contributed by atoms with van der Waals surface area (Å²) in [4.78, 5) is 15.3. The quantitative estimate of drug-likeness (QED) is 0.506. The van der Waals surface area contributed by atoms with E-state index in [1.54, 1.807) is 18.2 Å². The summed E-state index contributed by atoms with van der Waals surface area (Å²) < 4.78 is 0. The van der Waals surface area contributed by atoms with Crippen molar-refractivity contribution in [1.82, 2.24) is 19.9 Å². The number of hydrogen-bond acceptors (Lipinski definition) is 4. The second-order valence-corrected chi connectivity index (χ2v) is 6.27. The van der Waals surface area contributed by atoms with Gasteiger partial charge in [0.15, 0.2) is 5.16 Å². The number of nitrogens with zero attached hydrogens (tertiary/aromatic N) is 3. The van der Waals surface area contributed by atoms with Crippen LogP contribution in [0.3, 0.4) is 0 Å². The summed E-state index contributed by atoms with van der Waals surface area (Å²) in [5, 5.41) is 2.50. The van der Waals surface area contributed by atoms with E-state index in [4.69, 9.17) is 46.4 Å². The molecule has 1 N–H and O–H groups in total. The van der Waals surface area contributed by atoms with Crippen molar-refractivity contribution >= 4 is 69.2 Å². The highest BCUT2D eigenvalue weighted by Crippen LogP contribution is 2.31. The van der Waals surface area contributed by atoms with Gasteiger partial charge in [0.05, 0.1) is 21.1 Å². The molecule has 0 saturated heterocycles. The Balaban J connectivity index is 1.98. The molecular formula is C11H4Cl4N4S. The minimum Gasteiger partial charge on any atom is -0.333 e. The van der Waals surface area contributed by atoms with E-state index in [1.807, 2.05) is 0 Å². The zero-order valence-corrected chi connectivity index (χ0v) is 13.3. The number of fused-ring (bicyclic) bond motifs is 1. The van der Waals surface area contributed by atoms with E-state index >= 15 is 0 Å². The maximum Gasteiger partial charge on any atom is 0.224 e. The molecule has 0 bridgehead atoms. The molecule has 3 rings (SSSR count). The third-order valence-corrected chi connectivity index (χ3v) is 4.24. The summed E-state index contributed by atoms with van der Waals surface area (Å²) >= 11 is 24.8. The van der Waals surface area contributed by atoms with Crippen LogP contribution in [0, 0.1) is 0 Å². The molecule has 0 atom stereocenters. The summed E-state index contributed by atoms with van der Waals surface area (Å²) in [5.74, 6) is 0. The van der Waals surface area contributed by atoms with Gasteiger partial charge in [0, 0.05) is 6.07 Å². The van der Waals surface area contributed by atoms with E-state index in [0.29, 0.717) is 25.7 Å². The van der Waals surface area contributed by atoms with Crippen LogP contribution in [0.2, 0.25) is 20.5 Å². The molecule has 0 spiro atoms. The summed E-state index contributed by atoms with van der Waals surface area (Å²) in [6.07, 6.45) is 0. The van der Waals surface area contributed by atoms with Crippen LogP contribution in [0.4, 0.5) is 0 Å². The fourth-order valence-corrected chi connectivity index (χ4v) is 3.20. The molecule has 0 radical (unpaired) electrons. The lowest BCUT2D eigenvalue weighted by Gasteiger charge is -1.98. The average Bonchev–Trinajstić information content (AvgIpc) is 2.69. The Labute approximate surface area is 137 Å². The molecule has 20 heavy (non-hydrogen) atoms. The Morgan fingerprint density at radius 3 is 2.40 bits per heavy atom. The smallest absolute Gasteiger partial charge is 0.224 e. The third kappa shape index (κ3) is 2.97. The molecule has 0 saturated carbocycles. The molecule has 0 amide bonds. The number of benzene rings is 1. The van der Waals surface area contributed by atoms with Crippen LogP contribution in [0.15, 0.2) is 28.4 Å². The van der Waals surface area contributed by atoms with Crippen molar-refractivity contribution in [1.29, 1.82) is 0 Å². The number of nitrogens with one attached hydrogen (secondary N) is 1. The van der Waals surface area contributed by atoms with Crippen LogP contribution in [0.5, 0.6) is 0 Å². The molecule has 0 aliphatic carbocycles. The van der Waals surface area contributed by atoms with Crippen LogP contribution < -0.4 is 0 Å². The van der Waals surface area contributed by atoms with Gasteiger partial charge in [0.2, 0.25) is 5.28 Å². The van der Waals surface area contributed by atoms with Crippen LogP contribution in [-0.2, 0) is 0 Å². The maximum absolute atomic E-state index is 5.96. The first kappa shape index (κ1) is 14.2. The van der Waals surface area contributed by atoms with Crippen molar-refractivity contribution in [3.8, 4) is 0 Å². The monoisotopic (exact) mass is 364 g/mol. The number of imidazole rings is 1. The normalized spacial score (nSPS) is 11.2. The SMILES string of the molecule is Clc1cc(Sc2nc3cc(Cl)c(Cl)cc3[nH]2)nc(Cl)n1. The molecule has 9 heteroatoms. The minimum absolute atomic E-state index is 0.0854. The first-order valence-corrected chi connectivity index (χ1v) is 7.57. The van der Waals surface area contributed by atoms with Crippen molar-refractivity contribution in [3.63, 3.8) is 0 Å². The molecular weight excluding hydrogens is 362 g/mol. The van der Waals surface area contributed by atoms with Crippen molar-refractivity contribution in [2.24, 2.45) is 0 Å². The number of aromatic nitrogens is 4. The van der Waals surface area contributed by atoms with Gasteiger partial charge in [-0.3, -0.25) is 0 Å². The Morgan fingerprint density at radius 2 is 1.65 bits per heavy atom. The number of hydrogen-bond donors (Lipinski definition) is 1. The van der Waals surface area contributed by atoms with Crippen LogP contribution in [0.1, 0.15) is 0 Å². The summed E-state index contributed by atoms with van der Waals surface area (Å²) in [5.41, 5.74) is 1.50. The zero-order chi connectivity index (χ0) is 14.3. The Bertz CT molecular complexity index is 745. The molecule has 3 aromatic rings. The van der Waals surface area contributed by atoms with E-state index in [2.05, 4.69) is 19.9 Å². The van der Waals surface area contributed by atoms with Crippen LogP contribution in [-0.4, -0.2) is 19.9 Å². The van der Waals surface area contributed by atoms with E-state index in [9.17, 15) is 0 Å². The van der Waals surface area contributed by atoms with Gasteiger partial charge in [-0.2, -0.15) is 0 Å². The second-order valence-electron chi connectivity index (χ2n) is 3.73. The highest BCUT2D eigenvalue weighted by Gasteiger charge is 2.10. The van der Waals surface area contributed by atoms with Gasteiger partial charge in [-0.25, -0.2) is 15.0 Å². The van der Waals surface area contributed by atoms with Gasteiger partial charge < -0.3 is 4.98 Å². The highest BCUT2D eigenvalue weighted by molar-refractivity contribution is 7.99. The molecule has 1 aromatic carbocycles. The van der Waals surface area contributed by atoms with Gasteiger partial charge in [-0.05, 0) is 35.5 Å². The van der Waals surface area contributed by atoms with E-state index < -0.39 is 0 Å². The Kier molecular flexibility index (Phi) is 3.97. The number of aromatic amines is 1. The zero-order valence-electron chi connectivity index (χ0n) is 9.49. The Morgan fingerprint density at radius 1 is 0.900 bits per heavy atom. The largest absolute Gasteiger partial charge is 0.333 e. The molecule has 2 heterocycles. The fraction of sp³-hybridized carbons (Fsp3) is 0. The van der Waals surface area contributed by atoms with Gasteiger partial charge in [0.25, 0.3) is 0 Å².